The van der Waals surface area contributed by atoms with Gasteiger partial charge in [-0.25, -0.2) is 0 Å². The van der Waals surface area contributed by atoms with Gasteiger partial charge in [0.1, 0.15) is 0 Å². The molecule has 1 fully saturated rings. The molecule has 0 unspecified atom stereocenters. The largest absolute Gasteiger partial charge is 0.355 e. The Bertz CT molecular complexity index is 648. The van der Waals surface area contributed by atoms with Gasteiger partial charge < -0.3 is 9.88 Å². The normalized spacial score (nSPS) is 15.5. The first-order valence-corrected chi connectivity index (χ1v) is 10.5. The van der Waals surface area contributed by atoms with Gasteiger partial charge in [-0.3, -0.25) is 4.79 Å². The van der Waals surface area contributed by atoms with Crippen LogP contribution in [0, 0.1) is 5.92 Å². The summed E-state index contributed by atoms with van der Waals surface area (Å²) in [4.78, 5) is 13.2. The van der Waals surface area contributed by atoms with Gasteiger partial charge in [0.15, 0.2) is 11.0 Å². The lowest BCUT2D eigenvalue weighted by Gasteiger charge is -2.21. The van der Waals surface area contributed by atoms with Gasteiger partial charge in [-0.2, -0.15) is 0 Å². The molecule has 5 nitrogen and oxygen atoms in total. The average Bonchev–Trinajstić information content (AvgIpc) is 3.27. The molecule has 1 aliphatic carbocycles. The van der Waals surface area contributed by atoms with Crippen molar-refractivity contribution in [1.29, 1.82) is 0 Å². The molecule has 1 saturated carbocycles. The second-order valence-electron chi connectivity index (χ2n) is 6.12. The molecule has 7 heteroatoms. The van der Waals surface area contributed by atoms with Crippen LogP contribution in [0.15, 0.2) is 22.7 Å². The summed E-state index contributed by atoms with van der Waals surface area (Å²) in [6.07, 6.45) is 6.46. The molecule has 1 aliphatic rings. The highest BCUT2D eigenvalue weighted by Crippen LogP contribution is 2.27. The fourth-order valence-corrected chi connectivity index (χ4v) is 4.65. The topological polar surface area (TPSA) is 59.8 Å². The summed E-state index contributed by atoms with van der Waals surface area (Å²) in [5.74, 6) is 2.04. The first-order valence-electron chi connectivity index (χ1n) is 8.64. The molecule has 1 N–H and O–H groups in total. The predicted molar refractivity (Wildman–Crippen MR) is 99.3 cm³/mol. The van der Waals surface area contributed by atoms with Gasteiger partial charge in [0.05, 0.1) is 10.6 Å². The Balaban J connectivity index is 1.51. The predicted octanol–water partition coefficient (Wildman–Crippen LogP) is 3.82. The van der Waals surface area contributed by atoms with Gasteiger partial charge >= 0.3 is 0 Å². The average molecular weight is 365 g/mol. The van der Waals surface area contributed by atoms with E-state index in [-0.39, 0.29) is 5.91 Å². The Kier molecular flexibility index (Phi) is 6.31. The molecule has 0 atom stereocenters. The van der Waals surface area contributed by atoms with Crippen molar-refractivity contribution < 1.29 is 4.79 Å². The smallest absolute Gasteiger partial charge is 0.230 e. The summed E-state index contributed by atoms with van der Waals surface area (Å²) < 4.78 is 2.07. The monoisotopic (exact) mass is 364 g/mol. The van der Waals surface area contributed by atoms with Gasteiger partial charge in [-0.05, 0) is 37.1 Å². The lowest BCUT2D eigenvalue weighted by Crippen LogP contribution is -2.31. The van der Waals surface area contributed by atoms with E-state index in [4.69, 9.17) is 0 Å². The van der Waals surface area contributed by atoms with E-state index in [0.717, 1.165) is 28.9 Å². The maximum atomic E-state index is 12.1. The number of aromatic nitrogens is 3. The summed E-state index contributed by atoms with van der Waals surface area (Å²) in [5.41, 5.74) is 0. The SMILES string of the molecule is CCn1c(SCC(=O)NCC2CCCCC2)nnc1-c1cccs1. The maximum Gasteiger partial charge on any atom is 0.230 e. The van der Waals surface area contributed by atoms with Crippen molar-refractivity contribution >= 4 is 29.0 Å². The van der Waals surface area contributed by atoms with E-state index >= 15 is 0 Å². The number of hydrogen-bond donors (Lipinski definition) is 1. The maximum absolute atomic E-state index is 12.1. The third-order valence-electron chi connectivity index (χ3n) is 4.42. The van der Waals surface area contributed by atoms with Gasteiger partial charge in [0.2, 0.25) is 5.91 Å². The summed E-state index contributed by atoms with van der Waals surface area (Å²) in [6, 6.07) is 4.06. The van der Waals surface area contributed by atoms with Gasteiger partial charge in [-0.15, -0.1) is 21.5 Å². The molecule has 0 saturated heterocycles. The molecule has 130 valence electrons. The second kappa shape index (κ2) is 8.67. The molecule has 2 heterocycles. The second-order valence-corrected chi connectivity index (χ2v) is 8.01. The molecular weight excluding hydrogens is 340 g/mol. The number of thiophene rings is 1. The van der Waals surface area contributed by atoms with E-state index in [2.05, 4.69) is 27.0 Å². The molecule has 3 rings (SSSR count). The van der Waals surface area contributed by atoms with Crippen LogP contribution in [0.4, 0.5) is 0 Å². The zero-order valence-corrected chi connectivity index (χ0v) is 15.7. The molecular formula is C17H24N4OS2. The van der Waals surface area contributed by atoms with E-state index in [9.17, 15) is 4.79 Å². The number of hydrogen-bond acceptors (Lipinski definition) is 5. The van der Waals surface area contributed by atoms with Crippen molar-refractivity contribution in [3.8, 4) is 10.7 Å². The Hall–Kier alpha value is -1.34. The van der Waals surface area contributed by atoms with Crippen LogP contribution in [-0.4, -0.2) is 33.0 Å². The van der Waals surface area contributed by atoms with Crippen molar-refractivity contribution in [2.24, 2.45) is 5.92 Å². The fourth-order valence-electron chi connectivity index (χ4n) is 3.10. The lowest BCUT2D eigenvalue weighted by atomic mass is 9.89. The van der Waals surface area contributed by atoms with Crippen LogP contribution in [0.2, 0.25) is 0 Å². The van der Waals surface area contributed by atoms with Crippen LogP contribution in [-0.2, 0) is 11.3 Å². The standard InChI is InChI=1S/C17H24N4OS2/c1-2-21-16(14-9-6-10-23-14)19-20-17(21)24-12-15(22)18-11-13-7-4-3-5-8-13/h6,9-10,13H,2-5,7-8,11-12H2,1H3,(H,18,22). The third kappa shape index (κ3) is 4.39. The minimum atomic E-state index is 0.0916. The third-order valence-corrected chi connectivity index (χ3v) is 6.25. The quantitative estimate of drug-likeness (QED) is 0.759. The Morgan fingerprint density at radius 1 is 1.38 bits per heavy atom. The van der Waals surface area contributed by atoms with Crippen molar-refractivity contribution in [1.82, 2.24) is 20.1 Å². The van der Waals surface area contributed by atoms with Crippen LogP contribution in [0.3, 0.4) is 0 Å². The Morgan fingerprint density at radius 2 is 2.21 bits per heavy atom. The van der Waals surface area contributed by atoms with Crippen molar-refractivity contribution in [3.05, 3.63) is 17.5 Å². The molecule has 1 amide bonds. The van der Waals surface area contributed by atoms with Crippen LogP contribution in [0.5, 0.6) is 0 Å². The molecule has 0 aliphatic heterocycles. The highest BCUT2D eigenvalue weighted by molar-refractivity contribution is 7.99. The summed E-state index contributed by atoms with van der Waals surface area (Å²) in [5, 5.41) is 14.5. The van der Waals surface area contributed by atoms with Gasteiger partial charge in [0, 0.05) is 13.1 Å². The van der Waals surface area contributed by atoms with Crippen molar-refractivity contribution in [2.45, 2.75) is 50.7 Å². The minimum absolute atomic E-state index is 0.0916. The number of nitrogens with one attached hydrogen (secondary N) is 1. The molecule has 24 heavy (non-hydrogen) atoms. The summed E-state index contributed by atoms with van der Waals surface area (Å²) >= 11 is 3.12. The number of thioether (sulfide) groups is 1. The number of amides is 1. The van der Waals surface area contributed by atoms with Crippen LogP contribution < -0.4 is 5.32 Å². The van der Waals surface area contributed by atoms with E-state index in [1.165, 1.54) is 43.9 Å². The summed E-state index contributed by atoms with van der Waals surface area (Å²) in [7, 11) is 0. The van der Waals surface area contributed by atoms with Crippen LogP contribution >= 0.6 is 23.1 Å². The van der Waals surface area contributed by atoms with E-state index in [1.807, 2.05) is 17.5 Å². The Labute approximate surface area is 151 Å². The van der Waals surface area contributed by atoms with Gasteiger partial charge in [-0.1, -0.05) is 37.1 Å². The number of nitrogens with zero attached hydrogens (tertiary/aromatic N) is 3. The molecule has 0 bridgehead atoms. The lowest BCUT2D eigenvalue weighted by molar-refractivity contribution is -0.118. The number of carbonyl (C=O) groups excluding carboxylic acids is 1. The Morgan fingerprint density at radius 3 is 2.92 bits per heavy atom. The molecule has 2 aromatic heterocycles. The minimum Gasteiger partial charge on any atom is -0.355 e. The van der Waals surface area contributed by atoms with E-state index < -0.39 is 0 Å². The van der Waals surface area contributed by atoms with E-state index in [1.54, 1.807) is 11.3 Å². The highest BCUT2D eigenvalue weighted by atomic mass is 32.2. The first-order chi connectivity index (χ1) is 11.8. The first kappa shape index (κ1) is 17.5. The number of rotatable bonds is 7. The zero-order chi connectivity index (χ0) is 16.8. The molecule has 0 radical (unpaired) electrons. The van der Waals surface area contributed by atoms with Crippen LogP contribution in [0.1, 0.15) is 39.0 Å². The fraction of sp³-hybridized carbons (Fsp3) is 0.588. The van der Waals surface area contributed by atoms with Crippen LogP contribution in [0.25, 0.3) is 10.7 Å². The zero-order valence-electron chi connectivity index (χ0n) is 14.0. The van der Waals surface area contributed by atoms with E-state index in [0.29, 0.717) is 11.7 Å². The molecule has 0 aromatic carbocycles. The van der Waals surface area contributed by atoms with Gasteiger partial charge in [0.25, 0.3) is 0 Å². The highest BCUT2D eigenvalue weighted by Gasteiger charge is 2.17. The molecule has 2 aromatic rings. The number of carbonyl (C=O) groups is 1. The molecule has 0 spiro atoms. The summed E-state index contributed by atoms with van der Waals surface area (Å²) in [6.45, 7) is 3.69. The van der Waals surface area contributed by atoms with Crippen molar-refractivity contribution in [3.63, 3.8) is 0 Å². The van der Waals surface area contributed by atoms with Crippen molar-refractivity contribution in [2.75, 3.05) is 12.3 Å².